The van der Waals surface area contributed by atoms with Crippen molar-refractivity contribution in [1.82, 2.24) is 0 Å². The van der Waals surface area contributed by atoms with Gasteiger partial charge in [0, 0.05) is 5.41 Å². The summed E-state index contributed by atoms with van der Waals surface area (Å²) in [6, 6.07) is 0. The number of hydrogen-bond donors (Lipinski definition) is 1. The highest BCUT2D eigenvalue weighted by molar-refractivity contribution is 5.80. The zero-order chi connectivity index (χ0) is 15.4. The van der Waals surface area contributed by atoms with E-state index in [0.29, 0.717) is 6.42 Å². The minimum atomic E-state index is -0.945. The summed E-state index contributed by atoms with van der Waals surface area (Å²) in [4.78, 5) is 12.2. The van der Waals surface area contributed by atoms with Crippen molar-refractivity contribution in [1.29, 1.82) is 0 Å². The van der Waals surface area contributed by atoms with Gasteiger partial charge < -0.3 is 15.2 Å². The molecular weight excluding hydrogens is 254 g/mol. The molecule has 1 rings (SSSR count). The zero-order valence-electron chi connectivity index (χ0n) is 13.7. The maximum absolute atomic E-state index is 12.2. The molecule has 0 saturated heterocycles. The van der Waals surface area contributed by atoms with Crippen LogP contribution in [0.5, 0.6) is 0 Å². The molecule has 4 nitrogen and oxygen atoms in total. The largest absolute Gasteiger partial charge is 0.434 e. The summed E-state index contributed by atoms with van der Waals surface area (Å²) in [6.07, 6.45) is 5.98. The van der Waals surface area contributed by atoms with Gasteiger partial charge >= 0.3 is 5.97 Å². The van der Waals surface area contributed by atoms with Crippen LogP contribution in [0.2, 0.25) is 0 Å². The van der Waals surface area contributed by atoms with Gasteiger partial charge in [0.1, 0.15) is 5.54 Å². The summed E-state index contributed by atoms with van der Waals surface area (Å²) in [6.45, 7) is 9.65. The fraction of sp³-hybridized carbons (Fsp3) is 0.938. The third-order valence-corrected chi connectivity index (χ3v) is 3.99. The van der Waals surface area contributed by atoms with Gasteiger partial charge in [0.25, 0.3) is 0 Å². The number of rotatable bonds is 5. The van der Waals surface area contributed by atoms with E-state index in [2.05, 4.69) is 0 Å². The number of esters is 1. The van der Waals surface area contributed by atoms with Crippen molar-refractivity contribution in [3.05, 3.63) is 0 Å². The predicted molar refractivity (Wildman–Crippen MR) is 80.2 cm³/mol. The Kier molecular flexibility index (Phi) is 6.02. The Balaban J connectivity index is 2.67. The van der Waals surface area contributed by atoms with E-state index >= 15 is 0 Å². The van der Waals surface area contributed by atoms with Gasteiger partial charge in [-0.3, -0.25) is 0 Å². The molecule has 2 atom stereocenters. The van der Waals surface area contributed by atoms with E-state index in [9.17, 15) is 4.79 Å². The molecule has 1 aliphatic rings. The molecule has 118 valence electrons. The highest BCUT2D eigenvalue weighted by Crippen LogP contribution is 2.30. The first-order valence-electron chi connectivity index (χ1n) is 7.82. The Morgan fingerprint density at radius 3 is 2.20 bits per heavy atom. The van der Waals surface area contributed by atoms with Crippen molar-refractivity contribution in [2.45, 2.75) is 91.1 Å². The number of carbonyl (C=O) groups excluding carboxylic acids is 1. The molecule has 2 N–H and O–H groups in total. The average molecular weight is 285 g/mol. The van der Waals surface area contributed by atoms with Crippen molar-refractivity contribution in [2.75, 3.05) is 0 Å². The van der Waals surface area contributed by atoms with Crippen LogP contribution in [0.25, 0.3) is 0 Å². The Morgan fingerprint density at radius 2 is 1.75 bits per heavy atom. The van der Waals surface area contributed by atoms with Crippen molar-refractivity contribution >= 4 is 5.97 Å². The standard InChI is InChI=1S/C16H31NO3/c1-6-16(5,17)13(18)20-14(15(2,3)4)19-12-10-8-7-9-11-12/h12,14H,6-11,17H2,1-5H3. The normalized spacial score (nSPS) is 22.1. The number of carbonyl (C=O) groups is 1. The van der Waals surface area contributed by atoms with Crippen LogP contribution in [0.1, 0.15) is 73.1 Å². The van der Waals surface area contributed by atoms with E-state index in [0.717, 1.165) is 12.8 Å². The van der Waals surface area contributed by atoms with E-state index < -0.39 is 11.8 Å². The highest BCUT2D eigenvalue weighted by atomic mass is 16.7. The molecule has 4 heteroatoms. The highest BCUT2D eigenvalue weighted by Gasteiger charge is 2.37. The van der Waals surface area contributed by atoms with Crippen LogP contribution in [0.3, 0.4) is 0 Å². The second-order valence-corrected chi connectivity index (χ2v) is 7.27. The lowest BCUT2D eigenvalue weighted by atomic mass is 9.93. The summed E-state index contributed by atoms with van der Waals surface area (Å²) < 4.78 is 11.7. The zero-order valence-corrected chi connectivity index (χ0v) is 13.7. The quantitative estimate of drug-likeness (QED) is 0.621. The SMILES string of the molecule is CCC(C)(N)C(=O)OC(OC1CCCCC1)C(C)(C)C. The monoisotopic (exact) mass is 285 g/mol. The maximum atomic E-state index is 12.2. The summed E-state index contributed by atoms with van der Waals surface area (Å²) in [5.41, 5.74) is 4.76. The van der Waals surface area contributed by atoms with Gasteiger partial charge in [-0.15, -0.1) is 0 Å². The van der Waals surface area contributed by atoms with Gasteiger partial charge in [0.15, 0.2) is 0 Å². The molecule has 0 amide bonds. The van der Waals surface area contributed by atoms with Gasteiger partial charge in [-0.25, -0.2) is 4.79 Å². The first-order valence-corrected chi connectivity index (χ1v) is 7.82. The van der Waals surface area contributed by atoms with Gasteiger partial charge in [-0.05, 0) is 26.2 Å². The second kappa shape index (κ2) is 6.90. The lowest BCUT2D eigenvalue weighted by molar-refractivity contribution is -0.225. The van der Waals surface area contributed by atoms with E-state index in [4.69, 9.17) is 15.2 Å². The first-order chi connectivity index (χ1) is 9.16. The Bertz CT molecular complexity index is 314. The predicted octanol–water partition coefficient (Wildman–Crippen LogP) is 3.38. The van der Waals surface area contributed by atoms with Crippen LogP contribution in [0.15, 0.2) is 0 Å². The van der Waals surface area contributed by atoms with Crippen LogP contribution >= 0.6 is 0 Å². The number of hydrogen-bond acceptors (Lipinski definition) is 4. The van der Waals surface area contributed by atoms with E-state index in [1.54, 1.807) is 6.92 Å². The molecule has 20 heavy (non-hydrogen) atoms. The van der Waals surface area contributed by atoms with Gasteiger partial charge in [-0.2, -0.15) is 0 Å². The maximum Gasteiger partial charge on any atom is 0.328 e. The molecule has 0 spiro atoms. The smallest absolute Gasteiger partial charge is 0.328 e. The molecular formula is C16H31NO3. The molecule has 0 radical (unpaired) electrons. The average Bonchev–Trinajstić information content (AvgIpc) is 2.38. The molecule has 2 unspecified atom stereocenters. The summed E-state index contributed by atoms with van der Waals surface area (Å²) >= 11 is 0. The van der Waals surface area contributed by atoms with Crippen molar-refractivity contribution in [3.63, 3.8) is 0 Å². The second-order valence-electron chi connectivity index (χ2n) is 7.27. The van der Waals surface area contributed by atoms with Gasteiger partial charge in [0.2, 0.25) is 6.29 Å². The van der Waals surface area contributed by atoms with E-state index in [-0.39, 0.29) is 17.5 Å². The van der Waals surface area contributed by atoms with Crippen LogP contribution in [-0.4, -0.2) is 23.9 Å². The topological polar surface area (TPSA) is 61.6 Å². The molecule has 0 heterocycles. The summed E-state index contributed by atoms with van der Waals surface area (Å²) in [5.74, 6) is -0.379. The molecule has 1 fully saturated rings. The fourth-order valence-electron chi connectivity index (χ4n) is 2.16. The van der Waals surface area contributed by atoms with Gasteiger partial charge in [-0.1, -0.05) is 47.0 Å². The first kappa shape index (κ1) is 17.4. The molecule has 0 aromatic carbocycles. The fourth-order valence-corrected chi connectivity index (χ4v) is 2.16. The molecule has 1 saturated carbocycles. The lowest BCUT2D eigenvalue weighted by Crippen LogP contribution is -2.49. The van der Waals surface area contributed by atoms with Crippen molar-refractivity contribution in [2.24, 2.45) is 11.1 Å². The minimum Gasteiger partial charge on any atom is -0.434 e. The van der Waals surface area contributed by atoms with Crippen LogP contribution in [0, 0.1) is 5.41 Å². The van der Waals surface area contributed by atoms with Crippen molar-refractivity contribution in [3.8, 4) is 0 Å². The Morgan fingerprint density at radius 1 is 1.20 bits per heavy atom. The number of nitrogens with two attached hydrogens (primary N) is 1. The molecule has 0 bridgehead atoms. The lowest BCUT2D eigenvalue weighted by Gasteiger charge is -2.36. The van der Waals surface area contributed by atoms with Crippen LogP contribution < -0.4 is 5.73 Å². The Labute approximate surface area is 123 Å². The van der Waals surface area contributed by atoms with E-state index in [1.807, 2.05) is 27.7 Å². The summed E-state index contributed by atoms with van der Waals surface area (Å²) in [7, 11) is 0. The number of ether oxygens (including phenoxy) is 2. The molecule has 0 aromatic rings. The van der Waals surface area contributed by atoms with Crippen LogP contribution in [-0.2, 0) is 14.3 Å². The van der Waals surface area contributed by atoms with Gasteiger partial charge in [0.05, 0.1) is 6.10 Å². The summed E-state index contributed by atoms with van der Waals surface area (Å²) in [5, 5.41) is 0. The molecule has 0 aromatic heterocycles. The van der Waals surface area contributed by atoms with Crippen molar-refractivity contribution < 1.29 is 14.3 Å². The van der Waals surface area contributed by atoms with E-state index in [1.165, 1.54) is 19.3 Å². The Hall–Kier alpha value is -0.610. The third-order valence-electron chi connectivity index (χ3n) is 3.99. The van der Waals surface area contributed by atoms with Crippen LogP contribution in [0.4, 0.5) is 0 Å². The minimum absolute atomic E-state index is 0.200. The molecule has 0 aliphatic heterocycles. The molecule has 1 aliphatic carbocycles. The third kappa shape index (κ3) is 5.06.